The van der Waals surface area contributed by atoms with Gasteiger partial charge in [-0.15, -0.1) is 0 Å². The third-order valence-corrected chi connectivity index (χ3v) is 2.84. The predicted octanol–water partition coefficient (Wildman–Crippen LogP) is 2.62. The molecule has 2 unspecified atom stereocenters. The first kappa shape index (κ1) is 10.7. The zero-order valence-electron chi connectivity index (χ0n) is 9.00. The van der Waals surface area contributed by atoms with Crippen molar-refractivity contribution in [3.8, 4) is 5.75 Å². The Morgan fingerprint density at radius 1 is 1.47 bits per heavy atom. The summed E-state index contributed by atoms with van der Waals surface area (Å²) in [6, 6.07) is 3.87. The molecule has 2 atom stereocenters. The SMILES string of the molecule is CONC1c2cc(Cl)cc(C)c2OC1C. The second-order valence-corrected chi connectivity index (χ2v) is 4.20. The molecular weight excluding hydrogens is 214 g/mol. The predicted molar refractivity (Wildman–Crippen MR) is 59.2 cm³/mol. The van der Waals surface area contributed by atoms with E-state index >= 15 is 0 Å². The quantitative estimate of drug-likeness (QED) is 0.788. The fourth-order valence-corrected chi connectivity index (χ4v) is 2.22. The van der Waals surface area contributed by atoms with Gasteiger partial charge in [0, 0.05) is 10.6 Å². The van der Waals surface area contributed by atoms with Crippen LogP contribution in [0.3, 0.4) is 0 Å². The number of hydrogen-bond acceptors (Lipinski definition) is 3. The molecule has 3 nitrogen and oxygen atoms in total. The Morgan fingerprint density at radius 2 is 2.20 bits per heavy atom. The van der Waals surface area contributed by atoms with Gasteiger partial charge in [0.05, 0.1) is 13.2 Å². The van der Waals surface area contributed by atoms with E-state index in [0.29, 0.717) is 0 Å². The highest BCUT2D eigenvalue weighted by molar-refractivity contribution is 6.30. The Hall–Kier alpha value is -0.770. The van der Waals surface area contributed by atoms with Crippen molar-refractivity contribution >= 4 is 11.6 Å². The van der Waals surface area contributed by atoms with Crippen LogP contribution in [0.4, 0.5) is 0 Å². The zero-order valence-corrected chi connectivity index (χ0v) is 9.76. The van der Waals surface area contributed by atoms with Crippen molar-refractivity contribution in [2.75, 3.05) is 7.11 Å². The Balaban J connectivity index is 2.43. The lowest BCUT2D eigenvalue weighted by Crippen LogP contribution is -2.27. The van der Waals surface area contributed by atoms with E-state index in [9.17, 15) is 0 Å². The third-order valence-electron chi connectivity index (χ3n) is 2.62. The lowest BCUT2D eigenvalue weighted by molar-refractivity contribution is 0.0338. The second-order valence-electron chi connectivity index (χ2n) is 3.76. The molecule has 0 radical (unpaired) electrons. The molecule has 82 valence electrons. The molecule has 0 saturated heterocycles. The minimum Gasteiger partial charge on any atom is -0.488 e. The van der Waals surface area contributed by atoms with E-state index in [0.717, 1.165) is 21.9 Å². The van der Waals surface area contributed by atoms with Crippen LogP contribution in [0, 0.1) is 6.92 Å². The Morgan fingerprint density at radius 3 is 2.87 bits per heavy atom. The van der Waals surface area contributed by atoms with E-state index in [1.807, 2.05) is 26.0 Å². The van der Waals surface area contributed by atoms with Crippen LogP contribution in [-0.4, -0.2) is 13.2 Å². The first-order chi connectivity index (χ1) is 7.13. The van der Waals surface area contributed by atoms with Gasteiger partial charge in [-0.1, -0.05) is 11.6 Å². The van der Waals surface area contributed by atoms with Gasteiger partial charge in [-0.05, 0) is 31.5 Å². The molecule has 1 aliphatic heterocycles. The van der Waals surface area contributed by atoms with Crippen molar-refractivity contribution in [3.63, 3.8) is 0 Å². The van der Waals surface area contributed by atoms with Crippen LogP contribution in [0.25, 0.3) is 0 Å². The minimum absolute atomic E-state index is 0.0439. The summed E-state index contributed by atoms with van der Waals surface area (Å²) < 4.78 is 5.76. The molecule has 1 heterocycles. The first-order valence-corrected chi connectivity index (χ1v) is 5.26. The zero-order chi connectivity index (χ0) is 11.0. The van der Waals surface area contributed by atoms with Gasteiger partial charge in [0.15, 0.2) is 0 Å². The van der Waals surface area contributed by atoms with E-state index in [2.05, 4.69) is 5.48 Å². The lowest BCUT2D eigenvalue weighted by Gasteiger charge is -2.14. The molecule has 1 aromatic rings. The van der Waals surface area contributed by atoms with Crippen molar-refractivity contribution in [1.82, 2.24) is 5.48 Å². The molecule has 0 amide bonds. The van der Waals surface area contributed by atoms with Gasteiger partial charge in [-0.3, -0.25) is 0 Å². The molecule has 1 N–H and O–H groups in total. The van der Waals surface area contributed by atoms with Crippen molar-refractivity contribution in [2.24, 2.45) is 0 Å². The van der Waals surface area contributed by atoms with Crippen LogP contribution in [0.2, 0.25) is 5.02 Å². The molecule has 1 aliphatic rings. The molecular formula is C11H14ClNO2. The van der Waals surface area contributed by atoms with Crippen LogP contribution in [0.5, 0.6) is 5.75 Å². The molecule has 0 bridgehead atoms. The summed E-state index contributed by atoms with van der Waals surface area (Å²) in [5.74, 6) is 0.918. The van der Waals surface area contributed by atoms with E-state index in [-0.39, 0.29) is 12.1 Å². The molecule has 0 fully saturated rings. The summed E-state index contributed by atoms with van der Waals surface area (Å²) in [6.45, 7) is 4.00. The summed E-state index contributed by atoms with van der Waals surface area (Å²) in [4.78, 5) is 4.96. The van der Waals surface area contributed by atoms with Crippen molar-refractivity contribution in [2.45, 2.75) is 26.0 Å². The van der Waals surface area contributed by atoms with Crippen molar-refractivity contribution < 1.29 is 9.57 Å². The Labute approximate surface area is 94.3 Å². The summed E-state index contributed by atoms with van der Waals surface area (Å²) in [5, 5.41) is 0.729. The number of aryl methyl sites for hydroxylation is 1. The molecule has 15 heavy (non-hydrogen) atoms. The number of benzene rings is 1. The van der Waals surface area contributed by atoms with Crippen LogP contribution in [0.1, 0.15) is 24.1 Å². The smallest absolute Gasteiger partial charge is 0.127 e. The number of rotatable bonds is 2. The van der Waals surface area contributed by atoms with Crippen molar-refractivity contribution in [3.05, 3.63) is 28.3 Å². The maximum absolute atomic E-state index is 6.02. The number of hydrogen-bond donors (Lipinski definition) is 1. The summed E-state index contributed by atoms with van der Waals surface area (Å²) >= 11 is 6.02. The maximum Gasteiger partial charge on any atom is 0.127 e. The Bertz CT molecular complexity index is 381. The van der Waals surface area contributed by atoms with E-state index in [4.69, 9.17) is 21.2 Å². The van der Waals surface area contributed by atoms with Gasteiger partial charge in [-0.2, -0.15) is 5.48 Å². The van der Waals surface area contributed by atoms with Gasteiger partial charge in [0.1, 0.15) is 11.9 Å². The average molecular weight is 228 g/mol. The van der Waals surface area contributed by atoms with E-state index in [1.165, 1.54) is 0 Å². The highest BCUT2D eigenvalue weighted by Crippen LogP contribution is 2.40. The monoisotopic (exact) mass is 227 g/mol. The molecule has 0 saturated carbocycles. The van der Waals surface area contributed by atoms with Crippen molar-refractivity contribution in [1.29, 1.82) is 0 Å². The summed E-state index contributed by atoms with van der Waals surface area (Å²) in [6.07, 6.45) is 0.0529. The van der Waals surface area contributed by atoms with Crippen LogP contribution >= 0.6 is 11.6 Å². The molecule has 0 aromatic heterocycles. The second kappa shape index (κ2) is 4.00. The summed E-state index contributed by atoms with van der Waals surface area (Å²) in [7, 11) is 1.60. The van der Waals surface area contributed by atoms with E-state index in [1.54, 1.807) is 7.11 Å². The molecule has 2 rings (SSSR count). The minimum atomic E-state index is 0.0439. The third kappa shape index (κ3) is 1.83. The molecule has 0 spiro atoms. The van der Waals surface area contributed by atoms with Gasteiger partial charge >= 0.3 is 0 Å². The maximum atomic E-state index is 6.02. The Kier molecular flexibility index (Phi) is 2.87. The highest BCUT2D eigenvalue weighted by Gasteiger charge is 2.32. The van der Waals surface area contributed by atoms with Crippen LogP contribution in [0.15, 0.2) is 12.1 Å². The van der Waals surface area contributed by atoms with Gasteiger partial charge in [0.2, 0.25) is 0 Å². The van der Waals surface area contributed by atoms with Gasteiger partial charge < -0.3 is 9.57 Å². The molecule has 1 aromatic carbocycles. The van der Waals surface area contributed by atoms with Gasteiger partial charge in [-0.25, -0.2) is 0 Å². The lowest BCUT2D eigenvalue weighted by atomic mass is 10.0. The standard InChI is InChI=1S/C11H14ClNO2/c1-6-4-8(12)5-9-10(13-14-3)7(2)15-11(6)9/h4-5,7,10,13H,1-3H3. The van der Waals surface area contributed by atoms with Gasteiger partial charge in [0.25, 0.3) is 0 Å². The number of nitrogens with one attached hydrogen (secondary N) is 1. The fourth-order valence-electron chi connectivity index (χ4n) is 1.94. The first-order valence-electron chi connectivity index (χ1n) is 4.88. The number of fused-ring (bicyclic) bond motifs is 1. The van der Waals surface area contributed by atoms with Crippen LogP contribution in [-0.2, 0) is 4.84 Å². The number of halogens is 1. The number of ether oxygens (including phenoxy) is 1. The van der Waals surface area contributed by atoms with Crippen LogP contribution < -0.4 is 10.2 Å². The topological polar surface area (TPSA) is 30.5 Å². The fraction of sp³-hybridized carbons (Fsp3) is 0.455. The number of hydroxylamine groups is 1. The normalized spacial score (nSPS) is 23.7. The molecule has 0 aliphatic carbocycles. The largest absolute Gasteiger partial charge is 0.488 e. The molecule has 4 heteroatoms. The van der Waals surface area contributed by atoms with E-state index < -0.39 is 0 Å². The summed E-state index contributed by atoms with van der Waals surface area (Å²) in [5.41, 5.74) is 5.05. The average Bonchev–Trinajstić information content (AvgIpc) is 2.46. The highest BCUT2D eigenvalue weighted by atomic mass is 35.5.